The molecule has 0 radical (unpaired) electrons. The summed E-state index contributed by atoms with van der Waals surface area (Å²) in [6, 6.07) is 7.91. The third kappa shape index (κ3) is 3.26. The molecule has 0 spiro atoms. The fraction of sp³-hybridized carbons (Fsp3) is 0.350. The average molecular weight is 363 g/mol. The maximum absolute atomic E-state index is 5.33. The van der Waals surface area contributed by atoms with Crippen LogP contribution in [-0.4, -0.2) is 44.2 Å². The zero-order valence-corrected chi connectivity index (χ0v) is 15.0. The summed E-state index contributed by atoms with van der Waals surface area (Å²) in [5.41, 5.74) is 3.74. The van der Waals surface area contributed by atoms with Crippen molar-refractivity contribution in [1.82, 2.24) is 24.6 Å². The zero-order valence-electron chi connectivity index (χ0n) is 15.0. The molecule has 0 amide bonds. The lowest BCUT2D eigenvalue weighted by Crippen LogP contribution is -2.32. The summed E-state index contributed by atoms with van der Waals surface area (Å²) in [4.78, 5) is 11.6. The predicted molar refractivity (Wildman–Crippen MR) is 101 cm³/mol. The standard InChI is InChI=1S/C20H21N5O2/c1-2-7-24(8-3-1)9-10-25-14-21-17-12-15(4-5-18(17)25)19-22-20(27-23-19)16-6-11-26-13-16/h4-6,11-14H,1-3,7-10H2. The van der Waals surface area contributed by atoms with Gasteiger partial charge in [-0.3, -0.25) is 0 Å². The fourth-order valence-electron chi connectivity index (χ4n) is 3.66. The van der Waals surface area contributed by atoms with E-state index in [2.05, 4.69) is 30.7 Å². The van der Waals surface area contributed by atoms with Crippen LogP contribution >= 0.6 is 0 Å². The highest BCUT2D eigenvalue weighted by molar-refractivity contribution is 5.80. The minimum Gasteiger partial charge on any atom is -0.472 e. The van der Waals surface area contributed by atoms with Gasteiger partial charge in [-0.25, -0.2) is 4.98 Å². The number of hydrogen-bond acceptors (Lipinski definition) is 6. The number of furan rings is 1. The first-order valence-corrected chi connectivity index (χ1v) is 9.41. The van der Waals surface area contributed by atoms with Gasteiger partial charge in [0.05, 0.1) is 29.2 Å². The number of rotatable bonds is 5. The van der Waals surface area contributed by atoms with Crippen molar-refractivity contribution in [1.29, 1.82) is 0 Å². The van der Waals surface area contributed by atoms with Crippen LogP contribution in [0.2, 0.25) is 0 Å². The number of fused-ring (bicyclic) bond motifs is 1. The smallest absolute Gasteiger partial charge is 0.261 e. The van der Waals surface area contributed by atoms with Gasteiger partial charge in [0.2, 0.25) is 5.82 Å². The Balaban J connectivity index is 1.35. The molecule has 0 N–H and O–H groups in total. The Morgan fingerprint density at radius 2 is 1.93 bits per heavy atom. The Labute approximate surface area is 156 Å². The first-order valence-electron chi connectivity index (χ1n) is 9.41. The van der Waals surface area contributed by atoms with E-state index in [9.17, 15) is 0 Å². The lowest BCUT2D eigenvalue weighted by atomic mass is 10.1. The van der Waals surface area contributed by atoms with Crippen LogP contribution in [0.4, 0.5) is 0 Å². The number of aromatic nitrogens is 4. The molecule has 27 heavy (non-hydrogen) atoms. The number of imidazole rings is 1. The van der Waals surface area contributed by atoms with Crippen molar-refractivity contribution in [2.75, 3.05) is 19.6 Å². The van der Waals surface area contributed by atoms with E-state index >= 15 is 0 Å². The van der Waals surface area contributed by atoms with Gasteiger partial charge in [-0.05, 0) is 50.2 Å². The molecular weight excluding hydrogens is 342 g/mol. The van der Waals surface area contributed by atoms with Crippen molar-refractivity contribution in [3.63, 3.8) is 0 Å². The van der Waals surface area contributed by atoms with Crippen LogP contribution in [0.5, 0.6) is 0 Å². The van der Waals surface area contributed by atoms with Crippen molar-refractivity contribution < 1.29 is 8.94 Å². The summed E-state index contributed by atoms with van der Waals surface area (Å²) in [6.07, 6.45) is 9.10. The van der Waals surface area contributed by atoms with Crippen LogP contribution in [0.1, 0.15) is 19.3 Å². The van der Waals surface area contributed by atoms with E-state index in [-0.39, 0.29) is 0 Å². The van der Waals surface area contributed by atoms with E-state index < -0.39 is 0 Å². The van der Waals surface area contributed by atoms with Crippen molar-refractivity contribution >= 4 is 11.0 Å². The zero-order chi connectivity index (χ0) is 18.1. The van der Waals surface area contributed by atoms with Gasteiger partial charge in [-0.1, -0.05) is 11.6 Å². The molecule has 4 aromatic rings. The Hall–Kier alpha value is -2.93. The third-order valence-electron chi connectivity index (χ3n) is 5.18. The highest BCUT2D eigenvalue weighted by Crippen LogP contribution is 2.25. The molecule has 0 unspecified atom stereocenters. The summed E-state index contributed by atoms with van der Waals surface area (Å²) in [5.74, 6) is 1.00. The van der Waals surface area contributed by atoms with E-state index in [0.717, 1.165) is 35.2 Å². The average Bonchev–Trinajstić information content (AvgIpc) is 3.47. The van der Waals surface area contributed by atoms with Crippen molar-refractivity contribution in [2.24, 2.45) is 0 Å². The number of likely N-dealkylation sites (tertiary alicyclic amines) is 1. The SMILES string of the molecule is c1cc(-c2nc(-c3ccc4c(c3)ncn4CCN3CCCCC3)no2)co1. The largest absolute Gasteiger partial charge is 0.472 e. The molecule has 1 aliphatic heterocycles. The first-order chi connectivity index (χ1) is 13.4. The topological polar surface area (TPSA) is 73.1 Å². The van der Waals surface area contributed by atoms with Crippen LogP contribution in [-0.2, 0) is 6.54 Å². The molecule has 1 aromatic carbocycles. The van der Waals surface area contributed by atoms with Gasteiger partial charge >= 0.3 is 0 Å². The monoisotopic (exact) mass is 363 g/mol. The van der Waals surface area contributed by atoms with Gasteiger partial charge in [-0.2, -0.15) is 4.98 Å². The lowest BCUT2D eigenvalue weighted by molar-refractivity contribution is 0.221. The maximum Gasteiger partial charge on any atom is 0.261 e. The Bertz CT molecular complexity index is 1030. The third-order valence-corrected chi connectivity index (χ3v) is 5.18. The van der Waals surface area contributed by atoms with Gasteiger partial charge in [0, 0.05) is 18.7 Å². The number of nitrogens with zero attached hydrogens (tertiary/aromatic N) is 5. The van der Waals surface area contributed by atoms with Gasteiger partial charge in [-0.15, -0.1) is 0 Å². The summed E-state index contributed by atoms with van der Waals surface area (Å²) in [7, 11) is 0. The highest BCUT2D eigenvalue weighted by Gasteiger charge is 2.14. The number of hydrogen-bond donors (Lipinski definition) is 0. The van der Waals surface area contributed by atoms with Crippen molar-refractivity contribution in [3.05, 3.63) is 43.1 Å². The summed E-state index contributed by atoms with van der Waals surface area (Å²) in [5, 5.41) is 4.08. The maximum atomic E-state index is 5.33. The normalized spacial score (nSPS) is 15.6. The minimum absolute atomic E-state index is 0.450. The molecule has 0 bridgehead atoms. The van der Waals surface area contributed by atoms with Crippen LogP contribution < -0.4 is 0 Å². The van der Waals surface area contributed by atoms with Gasteiger partial charge in [0.25, 0.3) is 5.89 Å². The molecule has 1 saturated heterocycles. The van der Waals surface area contributed by atoms with E-state index in [4.69, 9.17) is 8.94 Å². The van der Waals surface area contributed by atoms with Crippen LogP contribution in [0.3, 0.4) is 0 Å². The second kappa shape index (κ2) is 7.00. The number of benzene rings is 1. The van der Waals surface area contributed by atoms with Crippen LogP contribution in [0.15, 0.2) is 52.1 Å². The van der Waals surface area contributed by atoms with E-state index in [1.54, 1.807) is 18.6 Å². The van der Waals surface area contributed by atoms with Gasteiger partial charge < -0.3 is 18.4 Å². The summed E-state index contributed by atoms with van der Waals surface area (Å²) in [6.45, 7) is 4.47. The van der Waals surface area contributed by atoms with Gasteiger partial charge in [0.1, 0.15) is 6.26 Å². The Morgan fingerprint density at radius 3 is 2.78 bits per heavy atom. The molecule has 138 valence electrons. The number of piperidine rings is 1. The molecule has 0 atom stereocenters. The van der Waals surface area contributed by atoms with Crippen LogP contribution in [0.25, 0.3) is 33.9 Å². The van der Waals surface area contributed by atoms with Crippen LogP contribution in [0, 0.1) is 0 Å². The molecule has 0 saturated carbocycles. The molecule has 1 aliphatic rings. The molecule has 7 heteroatoms. The highest BCUT2D eigenvalue weighted by atomic mass is 16.5. The molecule has 3 aromatic heterocycles. The van der Waals surface area contributed by atoms with Crippen molar-refractivity contribution in [2.45, 2.75) is 25.8 Å². The Kier molecular flexibility index (Phi) is 4.21. The van der Waals surface area contributed by atoms with E-state index in [1.807, 2.05) is 18.5 Å². The first kappa shape index (κ1) is 16.3. The second-order valence-electron chi connectivity index (χ2n) is 6.98. The van der Waals surface area contributed by atoms with E-state index in [1.165, 1.54) is 32.4 Å². The molecule has 4 heterocycles. The molecular formula is C20H21N5O2. The van der Waals surface area contributed by atoms with Crippen molar-refractivity contribution in [3.8, 4) is 22.8 Å². The predicted octanol–water partition coefficient (Wildman–Crippen LogP) is 3.83. The Morgan fingerprint density at radius 1 is 1.00 bits per heavy atom. The summed E-state index contributed by atoms with van der Waals surface area (Å²) >= 11 is 0. The summed E-state index contributed by atoms with van der Waals surface area (Å²) < 4.78 is 12.6. The lowest BCUT2D eigenvalue weighted by Gasteiger charge is -2.26. The molecule has 0 aliphatic carbocycles. The molecule has 1 fully saturated rings. The molecule has 5 rings (SSSR count). The van der Waals surface area contributed by atoms with Gasteiger partial charge in [0.15, 0.2) is 0 Å². The minimum atomic E-state index is 0.450. The quantitative estimate of drug-likeness (QED) is 0.536. The van der Waals surface area contributed by atoms with E-state index in [0.29, 0.717) is 11.7 Å². The fourth-order valence-corrected chi connectivity index (χ4v) is 3.66. The second-order valence-corrected chi connectivity index (χ2v) is 6.98. The molecule has 7 nitrogen and oxygen atoms in total.